The van der Waals surface area contributed by atoms with Crippen molar-refractivity contribution in [3.63, 3.8) is 0 Å². The molecule has 1 atom stereocenters. The first-order chi connectivity index (χ1) is 8.69. The van der Waals surface area contributed by atoms with Crippen LogP contribution in [0, 0.1) is 11.2 Å². The lowest BCUT2D eigenvalue weighted by Crippen LogP contribution is -2.02. The van der Waals surface area contributed by atoms with E-state index in [1.54, 1.807) is 0 Å². The number of fused-ring (bicyclic) bond motifs is 1. The molecule has 1 saturated heterocycles. The van der Waals surface area contributed by atoms with Crippen LogP contribution in [0.25, 0.3) is 10.9 Å². The normalized spacial score (nSPS) is 19.4. The molecular weight excluding hydrogens is 287 g/mol. The first-order valence-corrected chi connectivity index (χ1v) is 7.12. The molecule has 3 rings (SSSR count). The molecule has 1 aromatic heterocycles. The Morgan fingerprint density at radius 3 is 3.06 bits per heavy atom. The quantitative estimate of drug-likeness (QED) is 0.732. The second kappa shape index (κ2) is 4.48. The summed E-state index contributed by atoms with van der Waals surface area (Å²) in [6.45, 7) is 0.248. The molecule has 4 heteroatoms. The van der Waals surface area contributed by atoms with Gasteiger partial charge in [0.1, 0.15) is 0 Å². The maximum atomic E-state index is 9.03. The monoisotopic (exact) mass is 300 g/mol. The van der Waals surface area contributed by atoms with Crippen LogP contribution < -0.4 is 0 Å². The van der Waals surface area contributed by atoms with Crippen LogP contribution >= 0.6 is 15.9 Å². The van der Waals surface area contributed by atoms with Crippen molar-refractivity contribution in [1.29, 1.82) is 5.26 Å². The molecule has 2 aromatic rings. The van der Waals surface area contributed by atoms with Gasteiger partial charge in [0.25, 0.3) is 6.71 Å². The predicted octanol–water partition coefficient (Wildman–Crippen LogP) is 3.99. The smallest absolute Gasteiger partial charge is 0.268 e. The van der Waals surface area contributed by atoms with Gasteiger partial charge in [0.05, 0.1) is 0 Å². The summed E-state index contributed by atoms with van der Waals surface area (Å²) in [5.41, 5.74) is 2.68. The number of nitriles is 1. The minimum absolute atomic E-state index is 0.248. The Bertz CT molecular complexity index is 641. The number of nitrogens with zero attached hydrogens (tertiary/aromatic N) is 2. The van der Waals surface area contributed by atoms with Crippen molar-refractivity contribution in [2.24, 2.45) is 7.05 Å². The Balaban J connectivity index is 2.07. The van der Waals surface area contributed by atoms with E-state index in [9.17, 15) is 0 Å². The molecular formula is C14H14BBrN2. The van der Waals surface area contributed by atoms with Crippen molar-refractivity contribution in [2.75, 3.05) is 0 Å². The molecule has 2 nitrogen and oxygen atoms in total. The van der Waals surface area contributed by atoms with Crippen LogP contribution in [-0.2, 0) is 7.05 Å². The van der Waals surface area contributed by atoms with E-state index < -0.39 is 0 Å². The maximum Gasteiger partial charge on any atom is 0.268 e. The fraction of sp³-hybridized carbons (Fsp3) is 0.357. The Labute approximate surface area is 116 Å². The van der Waals surface area contributed by atoms with Crippen molar-refractivity contribution < 1.29 is 0 Å². The van der Waals surface area contributed by atoms with Gasteiger partial charge < -0.3 is 4.57 Å². The standard InChI is InChI=1S/C14H14BBrN2/c1-18-8-13(10-4-5-15(7-10)9-17)12-6-11(16)2-3-14(12)18/h2-3,6,8,10H,4-5,7H2,1H3. The second-order valence-corrected chi connectivity index (χ2v) is 6.11. The molecule has 1 aliphatic rings. The van der Waals surface area contributed by atoms with Crippen LogP contribution in [0.3, 0.4) is 0 Å². The molecule has 18 heavy (non-hydrogen) atoms. The molecule has 1 aromatic carbocycles. The minimum atomic E-state index is 0.248. The van der Waals surface area contributed by atoms with Crippen molar-refractivity contribution in [1.82, 2.24) is 4.57 Å². The van der Waals surface area contributed by atoms with E-state index in [-0.39, 0.29) is 6.71 Å². The Hall–Kier alpha value is -1.21. The largest absolute Gasteiger partial charge is 0.350 e. The number of hydrogen-bond donors (Lipinski definition) is 0. The summed E-state index contributed by atoms with van der Waals surface area (Å²) in [6, 6.07) is 6.43. The Morgan fingerprint density at radius 2 is 2.33 bits per heavy atom. The van der Waals surface area contributed by atoms with E-state index in [0.29, 0.717) is 5.92 Å². The highest BCUT2D eigenvalue weighted by molar-refractivity contribution is 9.10. The molecule has 1 aliphatic heterocycles. The molecule has 1 unspecified atom stereocenters. The first-order valence-electron chi connectivity index (χ1n) is 6.33. The van der Waals surface area contributed by atoms with E-state index in [2.05, 4.69) is 57.9 Å². The fourth-order valence-corrected chi connectivity index (χ4v) is 3.46. The summed E-state index contributed by atoms with van der Waals surface area (Å²) < 4.78 is 3.31. The topological polar surface area (TPSA) is 28.7 Å². The van der Waals surface area contributed by atoms with Crippen LogP contribution in [0.5, 0.6) is 0 Å². The van der Waals surface area contributed by atoms with Crippen LogP contribution in [0.2, 0.25) is 12.6 Å². The van der Waals surface area contributed by atoms with Gasteiger partial charge in [-0.15, -0.1) is 0 Å². The van der Waals surface area contributed by atoms with Gasteiger partial charge in [-0.25, -0.2) is 5.26 Å². The summed E-state index contributed by atoms with van der Waals surface area (Å²) >= 11 is 3.55. The molecule has 0 bridgehead atoms. The van der Waals surface area contributed by atoms with Gasteiger partial charge in [-0.05, 0) is 29.7 Å². The van der Waals surface area contributed by atoms with Crippen LogP contribution in [0.15, 0.2) is 28.9 Å². The average Bonchev–Trinajstić information content (AvgIpc) is 2.94. The van der Waals surface area contributed by atoms with Gasteiger partial charge in [-0.1, -0.05) is 35.0 Å². The third kappa shape index (κ3) is 1.87. The number of aryl methyl sites for hydroxylation is 1. The van der Waals surface area contributed by atoms with E-state index in [1.807, 2.05) is 0 Å². The minimum Gasteiger partial charge on any atom is -0.350 e. The Kier molecular flexibility index (Phi) is 2.95. The second-order valence-electron chi connectivity index (χ2n) is 5.19. The lowest BCUT2D eigenvalue weighted by Gasteiger charge is -2.07. The predicted molar refractivity (Wildman–Crippen MR) is 79.0 cm³/mol. The van der Waals surface area contributed by atoms with Crippen molar-refractivity contribution in [2.45, 2.75) is 25.0 Å². The maximum absolute atomic E-state index is 9.03. The number of benzene rings is 1. The molecule has 90 valence electrons. The molecule has 0 N–H and O–H groups in total. The zero-order chi connectivity index (χ0) is 12.7. The molecule has 1 fully saturated rings. The van der Waals surface area contributed by atoms with Gasteiger partial charge in [-0.2, -0.15) is 0 Å². The summed E-state index contributed by atoms with van der Waals surface area (Å²) in [6.07, 6.45) is 5.44. The van der Waals surface area contributed by atoms with Crippen molar-refractivity contribution in [3.05, 3.63) is 34.4 Å². The fourth-order valence-electron chi connectivity index (χ4n) is 3.10. The van der Waals surface area contributed by atoms with Crippen molar-refractivity contribution in [3.8, 4) is 5.97 Å². The highest BCUT2D eigenvalue weighted by Crippen LogP contribution is 2.39. The van der Waals surface area contributed by atoms with Gasteiger partial charge in [0.15, 0.2) is 0 Å². The summed E-state index contributed by atoms with van der Waals surface area (Å²) in [7, 11) is 2.09. The molecule has 0 spiro atoms. The average molecular weight is 301 g/mol. The highest BCUT2D eigenvalue weighted by atomic mass is 79.9. The SMILES string of the molecule is Cn1cc(C2CCB(C#N)C2)c2cc(Br)ccc21. The highest BCUT2D eigenvalue weighted by Gasteiger charge is 2.30. The summed E-state index contributed by atoms with van der Waals surface area (Å²) in [5.74, 6) is 2.96. The van der Waals surface area contributed by atoms with Crippen LogP contribution in [0.4, 0.5) is 0 Å². The van der Waals surface area contributed by atoms with E-state index in [1.165, 1.54) is 16.5 Å². The van der Waals surface area contributed by atoms with Gasteiger partial charge >= 0.3 is 0 Å². The summed E-state index contributed by atoms with van der Waals surface area (Å²) in [4.78, 5) is 0. The lowest BCUT2D eigenvalue weighted by atomic mass is 9.50. The number of hydrogen-bond acceptors (Lipinski definition) is 1. The number of halogens is 1. The van der Waals surface area contributed by atoms with Gasteiger partial charge in [0, 0.05) is 34.6 Å². The third-order valence-corrected chi connectivity index (χ3v) is 4.53. The van der Waals surface area contributed by atoms with Crippen LogP contribution in [0.1, 0.15) is 17.9 Å². The van der Waals surface area contributed by atoms with Gasteiger partial charge in [-0.3, -0.25) is 0 Å². The Morgan fingerprint density at radius 1 is 1.50 bits per heavy atom. The van der Waals surface area contributed by atoms with Crippen molar-refractivity contribution >= 4 is 33.5 Å². The summed E-state index contributed by atoms with van der Waals surface area (Å²) in [5, 5.41) is 10.4. The third-order valence-electron chi connectivity index (χ3n) is 4.04. The molecule has 0 radical (unpaired) electrons. The number of aromatic nitrogens is 1. The van der Waals surface area contributed by atoms with Gasteiger partial charge in [0.2, 0.25) is 0 Å². The van der Waals surface area contributed by atoms with Crippen LogP contribution in [-0.4, -0.2) is 11.3 Å². The number of rotatable bonds is 1. The first kappa shape index (κ1) is 11.9. The molecule has 0 amide bonds. The molecule has 0 saturated carbocycles. The zero-order valence-electron chi connectivity index (χ0n) is 10.4. The zero-order valence-corrected chi connectivity index (χ0v) is 11.9. The van der Waals surface area contributed by atoms with E-state index in [0.717, 1.165) is 23.5 Å². The lowest BCUT2D eigenvalue weighted by molar-refractivity contribution is 0.770. The van der Waals surface area contributed by atoms with E-state index >= 15 is 0 Å². The molecule has 0 aliphatic carbocycles. The molecule has 2 heterocycles. The van der Waals surface area contributed by atoms with E-state index in [4.69, 9.17) is 5.26 Å².